The van der Waals surface area contributed by atoms with Gasteiger partial charge in [0.2, 0.25) is 0 Å². The fourth-order valence-corrected chi connectivity index (χ4v) is 3.30. The number of aryl methyl sites for hydroxylation is 2. The third-order valence-electron chi connectivity index (χ3n) is 4.16. The van der Waals surface area contributed by atoms with Gasteiger partial charge < -0.3 is 9.64 Å². The van der Waals surface area contributed by atoms with Crippen LogP contribution >= 0.6 is 11.6 Å². The Hall–Kier alpha value is -2.07. The van der Waals surface area contributed by atoms with Crippen LogP contribution in [-0.2, 0) is 0 Å². The van der Waals surface area contributed by atoms with Crippen LogP contribution in [0.15, 0.2) is 36.7 Å². The molecule has 126 valence electrons. The number of ether oxygens (including phenoxy) is 1. The molecule has 1 aromatic heterocycles. The van der Waals surface area contributed by atoms with Crippen LogP contribution < -0.4 is 4.74 Å². The summed E-state index contributed by atoms with van der Waals surface area (Å²) in [6.07, 6.45) is 5.01. The van der Waals surface area contributed by atoms with Crippen molar-refractivity contribution in [2.24, 2.45) is 0 Å². The lowest BCUT2D eigenvalue weighted by Gasteiger charge is -2.33. The molecule has 3 rings (SSSR count). The first-order valence-electron chi connectivity index (χ1n) is 8.16. The lowest BCUT2D eigenvalue weighted by Crippen LogP contribution is -2.44. The summed E-state index contributed by atoms with van der Waals surface area (Å²) in [5, 5.41) is 0.496. The number of pyridine rings is 1. The van der Waals surface area contributed by atoms with Gasteiger partial charge in [-0.15, -0.1) is 0 Å². The van der Waals surface area contributed by atoms with Gasteiger partial charge in [0.25, 0.3) is 5.91 Å². The van der Waals surface area contributed by atoms with E-state index in [1.165, 1.54) is 0 Å². The van der Waals surface area contributed by atoms with Gasteiger partial charge in [0.15, 0.2) is 0 Å². The molecule has 2 aromatic rings. The summed E-state index contributed by atoms with van der Waals surface area (Å²) >= 11 is 6.11. The van der Waals surface area contributed by atoms with E-state index >= 15 is 0 Å². The van der Waals surface area contributed by atoms with Crippen molar-refractivity contribution in [3.63, 3.8) is 0 Å². The molecular formula is C19H21ClN2O2. The Labute approximate surface area is 147 Å². The van der Waals surface area contributed by atoms with E-state index in [1.807, 2.05) is 30.9 Å². The van der Waals surface area contributed by atoms with Crippen LogP contribution in [0, 0.1) is 13.8 Å². The zero-order valence-corrected chi connectivity index (χ0v) is 14.7. The molecule has 1 aliphatic heterocycles. The average Bonchev–Trinajstić information content (AvgIpc) is 2.56. The fourth-order valence-electron chi connectivity index (χ4n) is 3.14. The summed E-state index contributed by atoms with van der Waals surface area (Å²) in [5.74, 6) is 0.688. The number of halogens is 1. The second-order valence-corrected chi connectivity index (χ2v) is 6.72. The molecule has 1 aromatic carbocycles. The van der Waals surface area contributed by atoms with Crippen molar-refractivity contribution in [2.45, 2.75) is 32.8 Å². The maximum absolute atomic E-state index is 12.8. The van der Waals surface area contributed by atoms with Crippen molar-refractivity contribution in [1.29, 1.82) is 0 Å². The molecule has 1 aliphatic rings. The van der Waals surface area contributed by atoms with E-state index in [0.29, 0.717) is 17.3 Å². The van der Waals surface area contributed by atoms with Crippen LogP contribution in [0.5, 0.6) is 5.75 Å². The van der Waals surface area contributed by atoms with Crippen LogP contribution in [0.4, 0.5) is 0 Å². The number of rotatable bonds is 3. The quantitative estimate of drug-likeness (QED) is 0.844. The molecule has 0 aliphatic carbocycles. The molecule has 0 bridgehead atoms. The van der Waals surface area contributed by atoms with Crippen molar-refractivity contribution < 1.29 is 9.53 Å². The lowest BCUT2D eigenvalue weighted by molar-refractivity contribution is 0.0538. The Morgan fingerprint density at radius 1 is 1.29 bits per heavy atom. The molecule has 1 atom stereocenters. The number of carbonyl (C=O) groups is 1. The van der Waals surface area contributed by atoms with E-state index in [9.17, 15) is 4.79 Å². The molecule has 24 heavy (non-hydrogen) atoms. The minimum Gasteiger partial charge on any atom is -0.487 e. The van der Waals surface area contributed by atoms with Gasteiger partial charge >= 0.3 is 0 Å². The number of likely N-dealkylation sites (tertiary alicyclic amines) is 1. The van der Waals surface area contributed by atoms with Crippen LogP contribution in [-0.4, -0.2) is 35.0 Å². The Bertz CT molecular complexity index is 728. The predicted octanol–water partition coefficient (Wildman–Crippen LogP) is 4.04. The fraction of sp³-hybridized carbons (Fsp3) is 0.368. The minimum absolute atomic E-state index is 0.0477. The molecule has 1 fully saturated rings. The molecule has 1 saturated heterocycles. The van der Waals surface area contributed by atoms with Gasteiger partial charge in [0.05, 0.1) is 6.54 Å². The maximum atomic E-state index is 12.8. The van der Waals surface area contributed by atoms with Gasteiger partial charge in [-0.25, -0.2) is 0 Å². The van der Waals surface area contributed by atoms with Gasteiger partial charge in [-0.05, 0) is 38.8 Å². The van der Waals surface area contributed by atoms with Crippen LogP contribution in [0.1, 0.15) is 34.3 Å². The van der Waals surface area contributed by atoms with E-state index in [1.54, 1.807) is 18.5 Å². The minimum atomic E-state index is -0.0477. The first-order chi connectivity index (χ1) is 11.5. The molecule has 0 saturated carbocycles. The highest BCUT2D eigenvalue weighted by Gasteiger charge is 2.26. The Morgan fingerprint density at radius 3 is 2.75 bits per heavy atom. The van der Waals surface area contributed by atoms with Gasteiger partial charge in [-0.2, -0.15) is 0 Å². The lowest BCUT2D eigenvalue weighted by atomic mass is 10.0. The van der Waals surface area contributed by atoms with Gasteiger partial charge in [-0.3, -0.25) is 9.78 Å². The largest absolute Gasteiger partial charge is 0.487 e. The molecule has 5 heteroatoms. The van der Waals surface area contributed by atoms with E-state index in [2.05, 4.69) is 11.1 Å². The van der Waals surface area contributed by atoms with E-state index in [-0.39, 0.29) is 12.0 Å². The number of carbonyl (C=O) groups excluding carboxylic acids is 1. The van der Waals surface area contributed by atoms with E-state index in [4.69, 9.17) is 16.3 Å². The summed E-state index contributed by atoms with van der Waals surface area (Å²) in [6.45, 7) is 5.36. The second kappa shape index (κ2) is 7.22. The first-order valence-corrected chi connectivity index (χ1v) is 8.54. The number of aromatic nitrogens is 1. The van der Waals surface area contributed by atoms with Crippen molar-refractivity contribution in [3.05, 3.63) is 58.4 Å². The van der Waals surface area contributed by atoms with Gasteiger partial charge in [0, 0.05) is 30.6 Å². The number of benzene rings is 1. The average molecular weight is 345 g/mol. The van der Waals surface area contributed by atoms with Crippen molar-refractivity contribution >= 4 is 17.5 Å². The SMILES string of the molecule is Cc1cc(C)cc(C(=O)N2CCCC(Oc3ccncc3Cl)C2)c1. The highest BCUT2D eigenvalue weighted by atomic mass is 35.5. The van der Waals surface area contributed by atoms with Crippen LogP contribution in [0.25, 0.3) is 0 Å². The maximum Gasteiger partial charge on any atom is 0.253 e. The molecule has 4 nitrogen and oxygen atoms in total. The van der Waals surface area contributed by atoms with Crippen LogP contribution in [0.2, 0.25) is 5.02 Å². The Balaban J connectivity index is 1.71. The zero-order chi connectivity index (χ0) is 17.1. The van der Waals surface area contributed by atoms with Crippen molar-refractivity contribution in [2.75, 3.05) is 13.1 Å². The number of hydrogen-bond acceptors (Lipinski definition) is 3. The third-order valence-corrected chi connectivity index (χ3v) is 4.45. The monoisotopic (exact) mass is 344 g/mol. The molecule has 1 unspecified atom stereocenters. The molecule has 0 spiro atoms. The number of nitrogens with zero attached hydrogens (tertiary/aromatic N) is 2. The van der Waals surface area contributed by atoms with Crippen molar-refractivity contribution in [1.82, 2.24) is 9.88 Å². The standard InChI is InChI=1S/C19H21ClN2O2/c1-13-8-14(2)10-15(9-13)19(23)22-7-3-4-16(12-22)24-18-5-6-21-11-17(18)20/h5-6,8-11,16H,3-4,7,12H2,1-2H3. The second-order valence-electron chi connectivity index (χ2n) is 6.32. The summed E-state index contributed by atoms with van der Waals surface area (Å²) in [4.78, 5) is 18.6. The van der Waals surface area contributed by atoms with Gasteiger partial charge in [0.1, 0.15) is 16.9 Å². The Kier molecular flexibility index (Phi) is 5.05. The third kappa shape index (κ3) is 3.88. The molecular weight excluding hydrogens is 324 g/mol. The van der Waals surface area contributed by atoms with E-state index in [0.717, 1.165) is 36.1 Å². The molecule has 1 amide bonds. The number of amides is 1. The highest BCUT2D eigenvalue weighted by Crippen LogP contribution is 2.26. The predicted molar refractivity (Wildman–Crippen MR) is 94.7 cm³/mol. The zero-order valence-electron chi connectivity index (χ0n) is 14.0. The smallest absolute Gasteiger partial charge is 0.253 e. The highest BCUT2D eigenvalue weighted by molar-refractivity contribution is 6.31. The summed E-state index contributed by atoms with van der Waals surface area (Å²) < 4.78 is 5.98. The van der Waals surface area contributed by atoms with E-state index < -0.39 is 0 Å². The topological polar surface area (TPSA) is 42.4 Å². The molecule has 0 N–H and O–H groups in total. The Morgan fingerprint density at radius 2 is 2.04 bits per heavy atom. The first kappa shape index (κ1) is 16.8. The van der Waals surface area contributed by atoms with Gasteiger partial charge in [-0.1, -0.05) is 28.8 Å². The van der Waals surface area contributed by atoms with Crippen molar-refractivity contribution in [3.8, 4) is 5.75 Å². The normalized spacial score (nSPS) is 17.6. The molecule has 0 radical (unpaired) electrons. The summed E-state index contributed by atoms with van der Waals surface area (Å²) in [5.41, 5.74) is 2.95. The summed E-state index contributed by atoms with van der Waals surface area (Å²) in [7, 11) is 0. The summed E-state index contributed by atoms with van der Waals surface area (Å²) in [6, 6.07) is 7.72. The van der Waals surface area contributed by atoms with Crippen LogP contribution in [0.3, 0.4) is 0 Å². The molecule has 2 heterocycles. The number of piperidine rings is 1. The number of hydrogen-bond donors (Lipinski definition) is 0.